The Morgan fingerprint density at radius 1 is 1.03 bits per heavy atom. The van der Waals surface area contributed by atoms with Crippen LogP contribution in [0.25, 0.3) is 0 Å². The molecule has 0 heterocycles. The number of benzene rings is 2. The third kappa shape index (κ3) is 7.54. The van der Waals surface area contributed by atoms with Crippen LogP contribution in [0.1, 0.15) is 51.0 Å². The van der Waals surface area contributed by atoms with E-state index >= 15 is 0 Å². The largest absolute Gasteiger partial charge is 0.352 e. The molecule has 9 heteroatoms. The van der Waals surface area contributed by atoms with Crippen LogP contribution in [0.2, 0.25) is 0 Å². The number of amides is 2. The van der Waals surface area contributed by atoms with Crippen LogP contribution < -0.4 is 9.62 Å². The molecule has 1 N–H and O–H groups in total. The van der Waals surface area contributed by atoms with Crippen molar-refractivity contribution in [1.29, 1.82) is 0 Å². The zero-order chi connectivity index (χ0) is 25.4. The molecule has 1 aliphatic rings. The Hall–Kier alpha value is -2.39. The number of para-hydroxylation sites is 1. The highest BCUT2D eigenvalue weighted by molar-refractivity contribution is 9.10. The van der Waals surface area contributed by atoms with Crippen molar-refractivity contribution in [3.8, 4) is 0 Å². The van der Waals surface area contributed by atoms with Crippen molar-refractivity contribution in [2.45, 2.75) is 64.1 Å². The zero-order valence-electron chi connectivity index (χ0n) is 20.3. The Balaban J connectivity index is 1.90. The van der Waals surface area contributed by atoms with Crippen LogP contribution in [0, 0.1) is 0 Å². The normalized spacial score (nSPS) is 15.3. The van der Waals surface area contributed by atoms with Gasteiger partial charge in [-0.25, -0.2) is 8.42 Å². The Labute approximate surface area is 217 Å². The van der Waals surface area contributed by atoms with E-state index in [1.54, 1.807) is 24.3 Å². The number of nitrogens with zero attached hydrogens (tertiary/aromatic N) is 2. The van der Waals surface area contributed by atoms with Gasteiger partial charge in [0.05, 0.1) is 11.9 Å². The number of halogens is 1. The molecule has 35 heavy (non-hydrogen) atoms. The molecule has 1 aliphatic carbocycles. The summed E-state index contributed by atoms with van der Waals surface area (Å²) < 4.78 is 27.0. The number of nitrogens with one attached hydrogen (secondary N) is 1. The van der Waals surface area contributed by atoms with Gasteiger partial charge in [-0.05, 0) is 52.9 Å². The molecule has 1 unspecified atom stereocenters. The molecular weight excluding hydrogens is 530 g/mol. The molecule has 0 radical (unpaired) electrons. The number of carbonyl (C=O) groups excluding carboxylic acids is 2. The van der Waals surface area contributed by atoms with Crippen molar-refractivity contribution in [2.75, 3.05) is 17.1 Å². The van der Waals surface area contributed by atoms with Gasteiger partial charge in [0.25, 0.3) is 0 Å². The van der Waals surface area contributed by atoms with Gasteiger partial charge in [0.1, 0.15) is 12.6 Å². The first-order valence-corrected chi connectivity index (χ1v) is 14.7. The SMILES string of the molecule is CCC(C(=O)NC1CCCCC1)N(Cc1ccccc1)C(=O)CN(c1ccccc1Br)S(C)(=O)=O. The minimum Gasteiger partial charge on any atom is -0.352 e. The summed E-state index contributed by atoms with van der Waals surface area (Å²) in [5, 5.41) is 3.14. The van der Waals surface area contributed by atoms with E-state index in [1.807, 2.05) is 37.3 Å². The molecule has 2 aromatic rings. The van der Waals surface area contributed by atoms with E-state index in [9.17, 15) is 18.0 Å². The highest BCUT2D eigenvalue weighted by atomic mass is 79.9. The van der Waals surface area contributed by atoms with Crippen molar-refractivity contribution in [2.24, 2.45) is 0 Å². The molecule has 2 amide bonds. The zero-order valence-corrected chi connectivity index (χ0v) is 22.7. The van der Waals surface area contributed by atoms with Crippen LogP contribution in [0.5, 0.6) is 0 Å². The van der Waals surface area contributed by atoms with Crippen LogP contribution in [0.3, 0.4) is 0 Å². The lowest BCUT2D eigenvalue weighted by Crippen LogP contribution is -2.54. The lowest BCUT2D eigenvalue weighted by atomic mass is 9.95. The summed E-state index contributed by atoms with van der Waals surface area (Å²) in [6.07, 6.45) is 6.74. The second-order valence-corrected chi connectivity index (χ2v) is 11.8. The number of hydrogen-bond donors (Lipinski definition) is 1. The summed E-state index contributed by atoms with van der Waals surface area (Å²) in [5.41, 5.74) is 1.25. The molecule has 190 valence electrons. The lowest BCUT2D eigenvalue weighted by molar-refractivity contribution is -0.140. The van der Waals surface area contributed by atoms with Gasteiger partial charge in [-0.3, -0.25) is 13.9 Å². The topological polar surface area (TPSA) is 86.8 Å². The summed E-state index contributed by atoms with van der Waals surface area (Å²) in [5.74, 6) is -0.615. The smallest absolute Gasteiger partial charge is 0.244 e. The number of hydrogen-bond acceptors (Lipinski definition) is 4. The van der Waals surface area contributed by atoms with Crippen LogP contribution in [0.15, 0.2) is 59.1 Å². The Morgan fingerprint density at radius 2 is 1.66 bits per heavy atom. The molecule has 0 bridgehead atoms. The number of anilines is 1. The average Bonchev–Trinajstić information content (AvgIpc) is 2.83. The van der Waals surface area contributed by atoms with E-state index in [1.165, 1.54) is 11.3 Å². The average molecular weight is 565 g/mol. The Kier molecular flexibility index (Phi) is 9.74. The lowest BCUT2D eigenvalue weighted by Gasteiger charge is -2.34. The quantitative estimate of drug-likeness (QED) is 0.462. The highest BCUT2D eigenvalue weighted by Gasteiger charge is 2.33. The highest BCUT2D eigenvalue weighted by Crippen LogP contribution is 2.28. The van der Waals surface area contributed by atoms with E-state index in [4.69, 9.17) is 0 Å². The van der Waals surface area contributed by atoms with Gasteiger partial charge < -0.3 is 10.2 Å². The number of sulfonamides is 1. The maximum Gasteiger partial charge on any atom is 0.244 e. The summed E-state index contributed by atoms with van der Waals surface area (Å²) in [6, 6.07) is 15.7. The fourth-order valence-corrected chi connectivity index (χ4v) is 5.97. The fourth-order valence-electron chi connectivity index (χ4n) is 4.49. The number of rotatable bonds is 10. The van der Waals surface area contributed by atoms with Gasteiger partial charge in [-0.15, -0.1) is 0 Å². The van der Waals surface area contributed by atoms with E-state index in [2.05, 4.69) is 21.2 Å². The molecular formula is C26H34BrN3O4S. The first-order valence-electron chi connectivity index (χ1n) is 12.1. The molecule has 1 atom stereocenters. The van der Waals surface area contributed by atoms with Crippen LogP contribution in [-0.4, -0.2) is 50.0 Å². The van der Waals surface area contributed by atoms with Crippen molar-refractivity contribution >= 4 is 43.5 Å². The Bertz CT molecular complexity index is 1100. The first-order chi connectivity index (χ1) is 16.7. The second kappa shape index (κ2) is 12.5. The molecule has 1 fully saturated rings. The fraction of sp³-hybridized carbons (Fsp3) is 0.462. The summed E-state index contributed by atoms with van der Waals surface area (Å²) in [6.45, 7) is 1.68. The molecule has 7 nitrogen and oxygen atoms in total. The maximum atomic E-state index is 13.7. The summed E-state index contributed by atoms with van der Waals surface area (Å²) >= 11 is 3.40. The predicted molar refractivity (Wildman–Crippen MR) is 142 cm³/mol. The van der Waals surface area contributed by atoms with Gasteiger partial charge in [-0.2, -0.15) is 0 Å². The van der Waals surface area contributed by atoms with Gasteiger partial charge in [0, 0.05) is 17.1 Å². The summed E-state index contributed by atoms with van der Waals surface area (Å²) in [7, 11) is -3.76. The van der Waals surface area contributed by atoms with Gasteiger partial charge in [0.15, 0.2) is 0 Å². The van der Waals surface area contributed by atoms with Crippen LogP contribution in [0.4, 0.5) is 5.69 Å². The third-order valence-electron chi connectivity index (χ3n) is 6.33. The molecule has 0 aliphatic heterocycles. The minimum absolute atomic E-state index is 0.117. The molecule has 1 saturated carbocycles. The molecule has 3 rings (SSSR count). The molecule has 0 saturated heterocycles. The van der Waals surface area contributed by atoms with Crippen molar-refractivity contribution < 1.29 is 18.0 Å². The summed E-state index contributed by atoms with van der Waals surface area (Å²) in [4.78, 5) is 28.6. The van der Waals surface area contributed by atoms with Crippen LogP contribution >= 0.6 is 15.9 Å². The first kappa shape index (κ1) is 27.2. The molecule has 2 aromatic carbocycles. The predicted octanol–water partition coefficient (Wildman–Crippen LogP) is 4.47. The molecule has 0 spiro atoms. The van der Waals surface area contributed by atoms with Gasteiger partial charge >= 0.3 is 0 Å². The number of carbonyl (C=O) groups is 2. The van der Waals surface area contributed by atoms with Crippen molar-refractivity contribution in [1.82, 2.24) is 10.2 Å². The van der Waals surface area contributed by atoms with Crippen LogP contribution in [-0.2, 0) is 26.2 Å². The Morgan fingerprint density at radius 3 is 2.26 bits per heavy atom. The van der Waals surface area contributed by atoms with Crippen molar-refractivity contribution in [3.05, 3.63) is 64.6 Å². The second-order valence-electron chi connectivity index (χ2n) is 9.00. The van der Waals surface area contributed by atoms with E-state index < -0.39 is 28.5 Å². The van der Waals surface area contributed by atoms with Gasteiger partial charge in [-0.1, -0.05) is 68.7 Å². The van der Waals surface area contributed by atoms with E-state index in [-0.39, 0.29) is 18.5 Å². The van der Waals surface area contributed by atoms with Crippen molar-refractivity contribution in [3.63, 3.8) is 0 Å². The van der Waals surface area contributed by atoms with Gasteiger partial charge in [0.2, 0.25) is 21.8 Å². The minimum atomic E-state index is -3.76. The maximum absolute atomic E-state index is 13.7. The third-order valence-corrected chi connectivity index (χ3v) is 8.13. The van der Waals surface area contributed by atoms with E-state index in [0.29, 0.717) is 16.6 Å². The van der Waals surface area contributed by atoms with E-state index in [0.717, 1.165) is 41.8 Å². The molecule has 0 aromatic heterocycles. The monoisotopic (exact) mass is 563 g/mol. The standard InChI is InChI=1S/C26H34BrN3O4S/c1-3-23(26(32)28-21-14-8-5-9-15-21)29(18-20-12-6-4-7-13-20)25(31)19-30(35(2,33)34)24-17-11-10-16-22(24)27/h4,6-7,10-13,16-17,21,23H,3,5,8-9,14-15,18-19H2,1-2H3,(H,28,32).